The van der Waals surface area contributed by atoms with Crippen LogP contribution in [-0.2, 0) is 9.53 Å². The van der Waals surface area contributed by atoms with Crippen molar-refractivity contribution in [2.45, 2.75) is 19.8 Å². The largest absolute Gasteiger partial charge is 0.478 e. The fraction of sp³-hybridized carbons (Fsp3) is 0.222. The molecule has 8 heteroatoms. The van der Waals surface area contributed by atoms with E-state index in [1.54, 1.807) is 13.8 Å². The number of halogens is 1. The molecule has 0 atom stereocenters. The van der Waals surface area contributed by atoms with Gasteiger partial charge in [0.1, 0.15) is 6.61 Å². The lowest BCUT2D eigenvalue weighted by atomic mass is 9.92. The molecule has 7 nitrogen and oxygen atoms in total. The molecule has 0 radical (unpaired) electrons. The standard InChI is InChI=1S/C27H25ClN2O5/c1-27(2,25(33)30-23-12-11-16(28)13-21(23)24(31)32)15-29-26(34)35-14-22-19-9-5-3-7-17(19)18-8-4-6-10-20(18)22/h3-13,22H,14-15H2,1-2H3,(H,29,34)(H,30,33)(H,31,32). The number of anilines is 1. The number of carboxylic acid groups (broad SMARTS) is 1. The predicted octanol–water partition coefficient (Wildman–Crippen LogP) is 5.54. The van der Waals surface area contributed by atoms with Crippen molar-refractivity contribution in [3.05, 3.63) is 88.4 Å². The summed E-state index contributed by atoms with van der Waals surface area (Å²) in [5.41, 5.74) is 3.46. The molecule has 4 rings (SSSR count). The number of alkyl carbamates (subject to hydrolysis) is 1. The number of benzene rings is 3. The minimum absolute atomic E-state index is 0.00843. The van der Waals surface area contributed by atoms with Crippen LogP contribution in [0.15, 0.2) is 66.7 Å². The zero-order valence-electron chi connectivity index (χ0n) is 19.3. The van der Waals surface area contributed by atoms with Gasteiger partial charge in [-0.15, -0.1) is 0 Å². The number of hydrogen-bond donors (Lipinski definition) is 3. The zero-order valence-corrected chi connectivity index (χ0v) is 20.1. The summed E-state index contributed by atoms with van der Waals surface area (Å²) >= 11 is 5.87. The average Bonchev–Trinajstić information content (AvgIpc) is 3.16. The highest BCUT2D eigenvalue weighted by Gasteiger charge is 2.31. The number of carboxylic acids is 1. The molecule has 3 aromatic carbocycles. The van der Waals surface area contributed by atoms with Crippen LogP contribution >= 0.6 is 11.6 Å². The Labute approximate surface area is 208 Å². The van der Waals surface area contributed by atoms with Gasteiger partial charge in [-0.2, -0.15) is 0 Å². The molecule has 3 N–H and O–H groups in total. The number of carbonyl (C=O) groups excluding carboxylic acids is 2. The maximum absolute atomic E-state index is 12.8. The third kappa shape index (κ3) is 5.15. The molecule has 0 heterocycles. The normalized spacial score (nSPS) is 12.4. The smallest absolute Gasteiger partial charge is 0.407 e. The summed E-state index contributed by atoms with van der Waals surface area (Å²) in [6.07, 6.45) is -0.634. The van der Waals surface area contributed by atoms with Crippen molar-refractivity contribution in [2.75, 3.05) is 18.5 Å². The Morgan fingerprint density at radius 3 is 2.17 bits per heavy atom. The second-order valence-electron chi connectivity index (χ2n) is 9.01. The van der Waals surface area contributed by atoms with Crippen LogP contribution in [0.1, 0.15) is 41.3 Å². The van der Waals surface area contributed by atoms with Crippen molar-refractivity contribution >= 4 is 35.3 Å². The molecule has 180 valence electrons. The molecule has 0 spiro atoms. The first-order chi connectivity index (χ1) is 16.7. The SMILES string of the molecule is CC(C)(CNC(=O)OCC1c2ccccc2-c2ccccc21)C(=O)Nc1ccc(Cl)cc1C(=O)O. The molecule has 1 aliphatic rings. The Morgan fingerprint density at radius 1 is 0.971 bits per heavy atom. The molecule has 1 aliphatic carbocycles. The molecule has 0 saturated carbocycles. The van der Waals surface area contributed by atoms with Crippen molar-refractivity contribution in [2.24, 2.45) is 5.41 Å². The number of carbonyl (C=O) groups is 3. The Bertz CT molecular complexity index is 1260. The second kappa shape index (κ2) is 9.80. The van der Waals surface area contributed by atoms with E-state index in [0.29, 0.717) is 0 Å². The van der Waals surface area contributed by atoms with Crippen LogP contribution in [0.3, 0.4) is 0 Å². The lowest BCUT2D eigenvalue weighted by Gasteiger charge is -2.24. The minimum Gasteiger partial charge on any atom is -0.478 e. The predicted molar refractivity (Wildman–Crippen MR) is 134 cm³/mol. The molecule has 35 heavy (non-hydrogen) atoms. The average molecular weight is 493 g/mol. The van der Waals surface area contributed by atoms with Crippen molar-refractivity contribution in [3.63, 3.8) is 0 Å². The minimum atomic E-state index is -1.21. The van der Waals surface area contributed by atoms with E-state index in [4.69, 9.17) is 16.3 Å². The zero-order chi connectivity index (χ0) is 25.2. The molecule has 2 amide bonds. The molecule has 0 bridgehead atoms. The first kappa shape index (κ1) is 24.3. The Balaban J connectivity index is 1.36. The quantitative estimate of drug-likeness (QED) is 0.401. The highest BCUT2D eigenvalue weighted by atomic mass is 35.5. The number of nitrogens with one attached hydrogen (secondary N) is 2. The van der Waals surface area contributed by atoms with Crippen molar-refractivity contribution in [3.8, 4) is 11.1 Å². The number of amides is 2. The summed E-state index contributed by atoms with van der Waals surface area (Å²) in [6.45, 7) is 3.44. The molecule has 3 aromatic rings. The number of rotatable bonds is 7. The monoisotopic (exact) mass is 492 g/mol. The molecule has 0 aliphatic heterocycles. The van der Waals surface area contributed by atoms with Gasteiger partial charge in [-0.3, -0.25) is 4.79 Å². The van der Waals surface area contributed by atoms with Crippen LogP contribution in [0.2, 0.25) is 5.02 Å². The van der Waals surface area contributed by atoms with Crippen LogP contribution in [0.5, 0.6) is 0 Å². The van der Waals surface area contributed by atoms with Crippen LogP contribution in [0.25, 0.3) is 11.1 Å². The van der Waals surface area contributed by atoms with E-state index in [-0.39, 0.29) is 35.3 Å². The van der Waals surface area contributed by atoms with Crippen LogP contribution in [0.4, 0.5) is 10.5 Å². The number of aromatic carboxylic acids is 1. The third-order valence-electron chi connectivity index (χ3n) is 6.09. The number of hydrogen-bond acceptors (Lipinski definition) is 4. The van der Waals surface area contributed by atoms with E-state index in [0.717, 1.165) is 22.3 Å². The van der Waals surface area contributed by atoms with Gasteiger partial charge >= 0.3 is 12.1 Å². The van der Waals surface area contributed by atoms with Crippen LogP contribution < -0.4 is 10.6 Å². The fourth-order valence-corrected chi connectivity index (χ4v) is 4.29. The van der Waals surface area contributed by atoms with E-state index in [1.807, 2.05) is 36.4 Å². The third-order valence-corrected chi connectivity index (χ3v) is 6.33. The summed E-state index contributed by atoms with van der Waals surface area (Å²) in [4.78, 5) is 36.8. The topological polar surface area (TPSA) is 105 Å². The van der Waals surface area contributed by atoms with Gasteiger partial charge in [0.2, 0.25) is 5.91 Å². The van der Waals surface area contributed by atoms with Gasteiger partial charge in [-0.05, 0) is 54.3 Å². The van der Waals surface area contributed by atoms with Crippen LogP contribution in [0, 0.1) is 5.41 Å². The van der Waals surface area contributed by atoms with Crippen LogP contribution in [-0.4, -0.2) is 36.2 Å². The van der Waals surface area contributed by atoms with Crippen molar-refractivity contribution in [1.29, 1.82) is 0 Å². The maximum atomic E-state index is 12.8. The van der Waals surface area contributed by atoms with E-state index in [2.05, 4.69) is 22.8 Å². The Morgan fingerprint density at radius 2 is 1.57 bits per heavy atom. The first-order valence-corrected chi connectivity index (χ1v) is 11.5. The maximum Gasteiger partial charge on any atom is 0.407 e. The fourth-order valence-electron chi connectivity index (χ4n) is 4.12. The van der Waals surface area contributed by atoms with Gasteiger partial charge in [-0.1, -0.05) is 60.1 Å². The summed E-state index contributed by atoms with van der Waals surface area (Å²) in [7, 11) is 0. The first-order valence-electron chi connectivity index (χ1n) is 11.1. The lowest BCUT2D eigenvalue weighted by molar-refractivity contribution is -0.123. The second-order valence-corrected chi connectivity index (χ2v) is 9.45. The molecule has 0 unspecified atom stereocenters. The Kier molecular flexibility index (Phi) is 6.80. The van der Waals surface area contributed by atoms with Crippen molar-refractivity contribution in [1.82, 2.24) is 5.32 Å². The van der Waals surface area contributed by atoms with E-state index < -0.39 is 23.4 Å². The summed E-state index contributed by atoms with van der Waals surface area (Å²) < 4.78 is 5.52. The summed E-state index contributed by atoms with van der Waals surface area (Å²) in [6, 6.07) is 20.3. The van der Waals surface area contributed by atoms with Gasteiger partial charge in [-0.25, -0.2) is 9.59 Å². The molecule has 0 aromatic heterocycles. The highest BCUT2D eigenvalue weighted by Crippen LogP contribution is 2.44. The van der Waals surface area contributed by atoms with Crippen molar-refractivity contribution < 1.29 is 24.2 Å². The van der Waals surface area contributed by atoms with Gasteiger partial charge in [0, 0.05) is 17.5 Å². The van der Waals surface area contributed by atoms with E-state index in [9.17, 15) is 19.5 Å². The summed E-state index contributed by atoms with van der Waals surface area (Å²) in [5, 5.41) is 14.9. The number of fused-ring (bicyclic) bond motifs is 3. The molecular weight excluding hydrogens is 468 g/mol. The van der Waals surface area contributed by atoms with Gasteiger partial charge in [0.05, 0.1) is 16.7 Å². The van der Waals surface area contributed by atoms with E-state index in [1.165, 1.54) is 18.2 Å². The lowest BCUT2D eigenvalue weighted by Crippen LogP contribution is -2.42. The van der Waals surface area contributed by atoms with E-state index >= 15 is 0 Å². The van der Waals surface area contributed by atoms with Gasteiger partial charge < -0.3 is 20.5 Å². The highest BCUT2D eigenvalue weighted by molar-refractivity contribution is 6.31. The van der Waals surface area contributed by atoms with Gasteiger partial charge in [0.15, 0.2) is 0 Å². The molecular formula is C27H25ClN2O5. The Hall–Kier alpha value is -3.84. The van der Waals surface area contributed by atoms with Gasteiger partial charge in [0.25, 0.3) is 0 Å². The number of ether oxygens (including phenoxy) is 1. The summed E-state index contributed by atoms with van der Waals surface area (Å²) in [5.74, 6) is -1.73. The molecule has 0 saturated heterocycles. The molecule has 0 fully saturated rings.